The second kappa shape index (κ2) is 4.60. The number of hydrogen-bond acceptors (Lipinski definition) is 4. The van der Waals surface area contributed by atoms with Crippen molar-refractivity contribution in [1.82, 2.24) is 14.8 Å². The highest BCUT2D eigenvalue weighted by Gasteiger charge is 2.08. The second-order valence-electron chi connectivity index (χ2n) is 3.31. The van der Waals surface area contributed by atoms with Crippen LogP contribution < -0.4 is 5.32 Å². The maximum absolute atomic E-state index is 13.3. The van der Waals surface area contributed by atoms with Gasteiger partial charge in [0, 0.05) is 6.07 Å². The summed E-state index contributed by atoms with van der Waals surface area (Å²) in [7, 11) is 0. The summed E-state index contributed by atoms with van der Waals surface area (Å²) in [6, 6.07) is 3.49. The van der Waals surface area contributed by atoms with Gasteiger partial charge in [0.05, 0.1) is 5.69 Å². The average molecular weight is 236 g/mol. The molecule has 0 radical (unpaired) electrons. The zero-order chi connectivity index (χ0) is 12.3. The lowest BCUT2D eigenvalue weighted by molar-refractivity contribution is -0.116. The van der Waals surface area contributed by atoms with Gasteiger partial charge in [-0.05, 0) is 12.1 Å². The number of carbonyl (C=O) groups is 1. The van der Waals surface area contributed by atoms with Gasteiger partial charge >= 0.3 is 0 Å². The number of hydrogen-bond donors (Lipinski definition) is 2. The maximum Gasteiger partial charge on any atom is 0.246 e. The van der Waals surface area contributed by atoms with Crippen LogP contribution in [0.3, 0.4) is 0 Å². The molecule has 2 rings (SSSR count). The fourth-order valence-corrected chi connectivity index (χ4v) is 1.26. The monoisotopic (exact) mass is 236 g/mol. The number of aromatic nitrogens is 3. The molecule has 6 nitrogen and oxygen atoms in total. The number of benzene rings is 1. The van der Waals surface area contributed by atoms with Crippen LogP contribution in [0, 0.1) is 5.82 Å². The molecular formula is C10H9FN4O2. The Balaban J connectivity index is 2.03. The molecule has 0 spiro atoms. The SMILES string of the molecule is O=C(Cn1cncn1)Nc1ccc(O)cc1F. The Bertz CT molecular complexity index is 527. The van der Waals surface area contributed by atoms with Gasteiger partial charge in [-0.25, -0.2) is 14.1 Å². The minimum atomic E-state index is -0.697. The van der Waals surface area contributed by atoms with E-state index in [1.165, 1.54) is 29.5 Å². The molecule has 2 N–H and O–H groups in total. The van der Waals surface area contributed by atoms with E-state index < -0.39 is 11.7 Å². The highest BCUT2D eigenvalue weighted by atomic mass is 19.1. The first kappa shape index (κ1) is 11.1. The fraction of sp³-hybridized carbons (Fsp3) is 0.100. The first-order valence-corrected chi connectivity index (χ1v) is 4.76. The third kappa shape index (κ3) is 2.77. The number of aromatic hydroxyl groups is 1. The normalized spacial score (nSPS) is 10.2. The lowest BCUT2D eigenvalue weighted by Crippen LogP contribution is -2.19. The summed E-state index contributed by atoms with van der Waals surface area (Å²) in [6.45, 7) is -0.0552. The highest BCUT2D eigenvalue weighted by molar-refractivity contribution is 5.90. The number of rotatable bonds is 3. The zero-order valence-corrected chi connectivity index (χ0v) is 8.67. The summed E-state index contributed by atoms with van der Waals surface area (Å²) in [5.41, 5.74) is 0.00733. The first-order chi connectivity index (χ1) is 8.15. The Hall–Kier alpha value is -2.44. The van der Waals surface area contributed by atoms with E-state index in [0.717, 1.165) is 6.07 Å². The van der Waals surface area contributed by atoms with Gasteiger partial charge < -0.3 is 10.4 Å². The van der Waals surface area contributed by atoms with Crippen molar-refractivity contribution in [3.05, 3.63) is 36.7 Å². The van der Waals surface area contributed by atoms with Gasteiger partial charge in [0.1, 0.15) is 30.8 Å². The second-order valence-corrected chi connectivity index (χ2v) is 3.31. The summed E-state index contributed by atoms with van der Waals surface area (Å²) in [4.78, 5) is 15.2. The van der Waals surface area contributed by atoms with Crippen molar-refractivity contribution in [2.24, 2.45) is 0 Å². The molecule has 17 heavy (non-hydrogen) atoms. The fourth-order valence-electron chi connectivity index (χ4n) is 1.26. The summed E-state index contributed by atoms with van der Waals surface area (Å²) in [6.07, 6.45) is 2.68. The maximum atomic E-state index is 13.3. The lowest BCUT2D eigenvalue weighted by Gasteiger charge is -2.06. The van der Waals surface area contributed by atoms with Crippen molar-refractivity contribution < 1.29 is 14.3 Å². The van der Waals surface area contributed by atoms with E-state index in [-0.39, 0.29) is 18.0 Å². The van der Waals surface area contributed by atoms with Gasteiger partial charge in [-0.2, -0.15) is 5.10 Å². The van der Waals surface area contributed by atoms with Crippen molar-refractivity contribution in [3.63, 3.8) is 0 Å². The van der Waals surface area contributed by atoms with Gasteiger partial charge in [-0.3, -0.25) is 4.79 Å². The number of phenolic OH excluding ortho intramolecular Hbond substituents is 1. The number of carbonyl (C=O) groups excluding carboxylic acids is 1. The molecular weight excluding hydrogens is 227 g/mol. The van der Waals surface area contributed by atoms with Crippen LogP contribution in [0.4, 0.5) is 10.1 Å². The predicted molar refractivity (Wildman–Crippen MR) is 56.7 cm³/mol. The van der Waals surface area contributed by atoms with Crippen LogP contribution in [0.15, 0.2) is 30.9 Å². The van der Waals surface area contributed by atoms with E-state index in [1.54, 1.807) is 0 Å². The summed E-state index contributed by atoms with van der Waals surface area (Å²) in [5, 5.41) is 15.1. The molecule has 2 aromatic rings. The molecule has 0 aliphatic rings. The smallest absolute Gasteiger partial charge is 0.246 e. The van der Waals surface area contributed by atoms with Crippen molar-refractivity contribution in [3.8, 4) is 5.75 Å². The molecule has 0 aliphatic carbocycles. The van der Waals surface area contributed by atoms with Crippen molar-refractivity contribution >= 4 is 11.6 Å². The van der Waals surface area contributed by atoms with E-state index in [9.17, 15) is 9.18 Å². The summed E-state index contributed by atoms with van der Waals surface area (Å²) in [5.74, 6) is -1.33. The van der Waals surface area contributed by atoms with Gasteiger partial charge in [-0.15, -0.1) is 0 Å². The standard InChI is InChI=1S/C10H9FN4O2/c11-8-3-7(16)1-2-9(8)14-10(17)4-15-6-12-5-13-15/h1-3,5-6,16H,4H2,(H,14,17). The topological polar surface area (TPSA) is 80.0 Å². The largest absolute Gasteiger partial charge is 0.508 e. The quantitative estimate of drug-likeness (QED) is 0.771. The van der Waals surface area contributed by atoms with E-state index in [2.05, 4.69) is 15.4 Å². The van der Waals surface area contributed by atoms with E-state index >= 15 is 0 Å². The molecule has 0 bridgehead atoms. The predicted octanol–water partition coefficient (Wildman–Crippen LogP) is 0.761. The van der Waals surface area contributed by atoms with Crippen LogP contribution in [0.25, 0.3) is 0 Å². The highest BCUT2D eigenvalue weighted by Crippen LogP contribution is 2.19. The Morgan fingerprint density at radius 3 is 3.00 bits per heavy atom. The number of nitrogens with one attached hydrogen (secondary N) is 1. The molecule has 0 unspecified atom stereocenters. The molecule has 88 valence electrons. The number of nitrogens with zero attached hydrogens (tertiary/aromatic N) is 3. The van der Waals surface area contributed by atoms with Crippen LogP contribution in [0.1, 0.15) is 0 Å². The Labute approximate surface area is 95.7 Å². The van der Waals surface area contributed by atoms with Crippen molar-refractivity contribution in [2.45, 2.75) is 6.54 Å². The molecule has 0 fully saturated rings. The molecule has 0 saturated heterocycles. The molecule has 0 aliphatic heterocycles. The summed E-state index contributed by atoms with van der Waals surface area (Å²) >= 11 is 0. The third-order valence-electron chi connectivity index (χ3n) is 2.00. The lowest BCUT2D eigenvalue weighted by atomic mass is 10.3. The van der Waals surface area contributed by atoms with Crippen LogP contribution in [0.5, 0.6) is 5.75 Å². The Morgan fingerprint density at radius 1 is 1.53 bits per heavy atom. The van der Waals surface area contributed by atoms with Gasteiger partial charge in [0.25, 0.3) is 0 Å². The van der Waals surface area contributed by atoms with Crippen LogP contribution in [0.2, 0.25) is 0 Å². The Kier molecular flexibility index (Phi) is 2.99. The van der Waals surface area contributed by atoms with E-state index in [0.29, 0.717) is 0 Å². The van der Waals surface area contributed by atoms with Crippen LogP contribution in [-0.2, 0) is 11.3 Å². The van der Waals surface area contributed by atoms with Crippen LogP contribution >= 0.6 is 0 Å². The molecule has 1 amide bonds. The third-order valence-corrected chi connectivity index (χ3v) is 2.00. The van der Waals surface area contributed by atoms with E-state index in [4.69, 9.17) is 5.11 Å². The number of phenols is 1. The molecule has 1 aromatic heterocycles. The van der Waals surface area contributed by atoms with Crippen molar-refractivity contribution in [1.29, 1.82) is 0 Å². The van der Waals surface area contributed by atoms with Gasteiger partial charge in [0.15, 0.2) is 0 Å². The minimum Gasteiger partial charge on any atom is -0.508 e. The molecule has 7 heteroatoms. The number of amides is 1. The number of anilines is 1. The molecule has 0 atom stereocenters. The average Bonchev–Trinajstić information content (AvgIpc) is 2.75. The minimum absolute atomic E-state index is 0.00733. The first-order valence-electron chi connectivity index (χ1n) is 4.76. The molecule has 1 aromatic carbocycles. The van der Waals surface area contributed by atoms with Crippen LogP contribution in [-0.4, -0.2) is 25.8 Å². The summed E-state index contributed by atoms with van der Waals surface area (Å²) < 4.78 is 14.6. The zero-order valence-electron chi connectivity index (χ0n) is 8.67. The molecule has 1 heterocycles. The van der Waals surface area contributed by atoms with Crippen molar-refractivity contribution in [2.75, 3.05) is 5.32 Å². The van der Waals surface area contributed by atoms with E-state index in [1.807, 2.05) is 0 Å². The van der Waals surface area contributed by atoms with Gasteiger partial charge in [0.2, 0.25) is 5.91 Å². The van der Waals surface area contributed by atoms with Gasteiger partial charge in [-0.1, -0.05) is 0 Å². The molecule has 0 saturated carbocycles. The Morgan fingerprint density at radius 2 is 2.35 bits per heavy atom. The number of halogens is 1.